The molecule has 2 aromatic carbocycles. The fraction of sp³-hybridized carbons (Fsp3) is 0.385. The molecular weight excluding hydrogens is 446 g/mol. The first kappa shape index (κ1) is 25.5. The van der Waals surface area contributed by atoms with Gasteiger partial charge in [-0.1, -0.05) is 73.6 Å². The van der Waals surface area contributed by atoms with Gasteiger partial charge in [-0.3, -0.25) is 9.59 Å². The number of nitrogens with one attached hydrogen (secondary N) is 2. The molecule has 2 amide bonds. The molecule has 8 heteroatoms. The lowest BCUT2D eigenvalue weighted by Crippen LogP contribution is -2.33. The quantitative estimate of drug-likeness (QED) is 0.411. The van der Waals surface area contributed by atoms with E-state index in [2.05, 4.69) is 20.8 Å². The van der Waals surface area contributed by atoms with Gasteiger partial charge in [-0.2, -0.15) is 0 Å². The number of amides is 2. The minimum absolute atomic E-state index is 0.0679. The second-order valence-corrected chi connectivity index (χ2v) is 9.58. The second-order valence-electron chi connectivity index (χ2n) is 8.63. The molecule has 0 bridgehead atoms. The Kier molecular flexibility index (Phi) is 8.87. The molecule has 3 rings (SSSR count). The van der Waals surface area contributed by atoms with Crippen LogP contribution >= 0.6 is 11.8 Å². The maximum atomic E-state index is 12.9. The number of carbonyl (C=O) groups is 2. The highest BCUT2D eigenvalue weighted by Crippen LogP contribution is 2.25. The lowest BCUT2D eigenvalue weighted by atomic mass is 10.0. The van der Waals surface area contributed by atoms with Crippen LogP contribution < -0.4 is 10.6 Å². The monoisotopic (exact) mass is 479 g/mol. The van der Waals surface area contributed by atoms with E-state index in [4.69, 9.17) is 0 Å². The van der Waals surface area contributed by atoms with Crippen LogP contribution in [0.15, 0.2) is 59.8 Å². The minimum atomic E-state index is -0.303. The predicted molar refractivity (Wildman–Crippen MR) is 136 cm³/mol. The van der Waals surface area contributed by atoms with Gasteiger partial charge in [0.15, 0.2) is 11.0 Å². The van der Waals surface area contributed by atoms with E-state index in [1.165, 1.54) is 11.8 Å². The Morgan fingerprint density at radius 3 is 2.26 bits per heavy atom. The van der Waals surface area contributed by atoms with E-state index in [0.717, 1.165) is 11.1 Å². The largest absolute Gasteiger partial charge is 0.349 e. The van der Waals surface area contributed by atoms with Gasteiger partial charge >= 0.3 is 0 Å². The van der Waals surface area contributed by atoms with Crippen molar-refractivity contribution >= 4 is 23.6 Å². The van der Waals surface area contributed by atoms with Crippen LogP contribution in [0.25, 0.3) is 0 Å². The second kappa shape index (κ2) is 11.8. The number of hydrogen-bond acceptors (Lipinski definition) is 5. The van der Waals surface area contributed by atoms with Gasteiger partial charge in [-0.05, 0) is 44.4 Å². The first-order valence-electron chi connectivity index (χ1n) is 11.6. The van der Waals surface area contributed by atoms with E-state index in [1.54, 1.807) is 0 Å². The van der Waals surface area contributed by atoms with Gasteiger partial charge in [0, 0.05) is 12.1 Å². The summed E-state index contributed by atoms with van der Waals surface area (Å²) >= 11 is 1.35. The summed E-state index contributed by atoms with van der Waals surface area (Å²) in [6.07, 6.45) is 0. The molecule has 0 aliphatic rings. The van der Waals surface area contributed by atoms with Crippen LogP contribution in [-0.2, 0) is 11.3 Å². The van der Waals surface area contributed by atoms with Crippen LogP contribution in [-0.4, -0.2) is 32.3 Å². The van der Waals surface area contributed by atoms with Crippen molar-refractivity contribution in [2.45, 2.75) is 58.4 Å². The van der Waals surface area contributed by atoms with Gasteiger partial charge < -0.3 is 15.2 Å². The summed E-state index contributed by atoms with van der Waals surface area (Å²) in [6.45, 7) is 10.7. The molecule has 2 atom stereocenters. The first-order chi connectivity index (χ1) is 16.3. The molecule has 34 heavy (non-hydrogen) atoms. The van der Waals surface area contributed by atoms with Gasteiger partial charge in [0.25, 0.3) is 5.91 Å². The van der Waals surface area contributed by atoms with Crippen molar-refractivity contribution in [2.24, 2.45) is 5.92 Å². The van der Waals surface area contributed by atoms with Crippen LogP contribution in [0.2, 0.25) is 0 Å². The maximum Gasteiger partial charge on any atom is 0.251 e. The zero-order chi connectivity index (χ0) is 24.7. The van der Waals surface area contributed by atoms with E-state index in [1.807, 2.05) is 93.8 Å². The summed E-state index contributed by atoms with van der Waals surface area (Å²) in [5.74, 6) is 0.821. The molecule has 0 saturated carbocycles. The molecule has 3 aromatic rings. The Bertz CT molecular complexity index is 1100. The Balaban J connectivity index is 1.68. The van der Waals surface area contributed by atoms with E-state index in [-0.39, 0.29) is 35.6 Å². The molecule has 0 aliphatic heterocycles. The molecule has 0 spiro atoms. The molecule has 0 aliphatic carbocycles. The van der Waals surface area contributed by atoms with Crippen LogP contribution in [0.1, 0.15) is 67.1 Å². The zero-order valence-electron chi connectivity index (χ0n) is 20.4. The molecular formula is C26H33N5O2S. The third-order valence-corrected chi connectivity index (χ3v) is 6.58. The predicted octanol–water partition coefficient (Wildman–Crippen LogP) is 4.70. The Morgan fingerprint density at radius 1 is 0.971 bits per heavy atom. The summed E-state index contributed by atoms with van der Waals surface area (Å²) in [4.78, 5) is 25.4. The fourth-order valence-electron chi connectivity index (χ4n) is 3.63. The molecule has 180 valence electrons. The highest BCUT2D eigenvalue weighted by Gasteiger charge is 2.26. The number of carbonyl (C=O) groups excluding carboxylic acids is 2. The van der Waals surface area contributed by atoms with E-state index < -0.39 is 0 Å². The lowest BCUT2D eigenvalue weighted by molar-refractivity contribution is -0.119. The smallest absolute Gasteiger partial charge is 0.251 e. The fourth-order valence-corrected chi connectivity index (χ4v) is 4.45. The van der Waals surface area contributed by atoms with Gasteiger partial charge in [0.05, 0.1) is 17.8 Å². The Labute approximate surface area is 205 Å². The van der Waals surface area contributed by atoms with Gasteiger partial charge in [0.2, 0.25) is 5.91 Å². The van der Waals surface area contributed by atoms with E-state index in [0.29, 0.717) is 23.1 Å². The van der Waals surface area contributed by atoms with Crippen molar-refractivity contribution < 1.29 is 9.59 Å². The van der Waals surface area contributed by atoms with Gasteiger partial charge in [-0.25, -0.2) is 0 Å². The molecule has 0 radical (unpaired) electrons. The molecule has 2 N–H and O–H groups in total. The summed E-state index contributed by atoms with van der Waals surface area (Å²) in [5, 5.41) is 15.5. The lowest BCUT2D eigenvalue weighted by Gasteiger charge is -2.22. The number of aryl methyl sites for hydroxylation is 1. The molecule has 1 aromatic heterocycles. The van der Waals surface area contributed by atoms with Crippen molar-refractivity contribution in [3.05, 3.63) is 77.1 Å². The highest BCUT2D eigenvalue weighted by molar-refractivity contribution is 7.99. The first-order valence-corrected chi connectivity index (χ1v) is 12.6. The van der Waals surface area contributed by atoms with Crippen LogP contribution in [0, 0.1) is 12.8 Å². The molecule has 7 nitrogen and oxygen atoms in total. The average Bonchev–Trinajstić information content (AvgIpc) is 3.24. The molecule has 0 unspecified atom stereocenters. The summed E-state index contributed by atoms with van der Waals surface area (Å²) in [5.41, 5.74) is 2.77. The van der Waals surface area contributed by atoms with Crippen LogP contribution in [0.3, 0.4) is 0 Å². The molecule has 0 saturated heterocycles. The van der Waals surface area contributed by atoms with Crippen molar-refractivity contribution in [1.82, 2.24) is 25.4 Å². The zero-order valence-corrected chi connectivity index (χ0v) is 21.2. The third kappa shape index (κ3) is 6.47. The van der Waals surface area contributed by atoms with Gasteiger partial charge in [-0.15, -0.1) is 10.2 Å². The SMILES string of the molecule is CCn1c(SCC(=O)N[C@H](C)c2ccccc2)nnc1[C@H](NC(=O)c1ccc(C)cc1)C(C)C. The standard InChI is InChI=1S/C26H33N5O2S/c1-6-31-24(23(17(2)3)28-25(33)21-14-12-18(4)13-15-21)29-30-26(31)34-16-22(32)27-19(5)20-10-8-7-9-11-20/h7-15,17,19,23H,6,16H2,1-5H3,(H,27,32)(H,28,33)/t19-,23-/m1/s1. The molecule has 0 fully saturated rings. The number of aromatic nitrogens is 3. The Hall–Kier alpha value is -3.13. The number of thioether (sulfide) groups is 1. The number of rotatable bonds is 10. The maximum absolute atomic E-state index is 12.9. The summed E-state index contributed by atoms with van der Waals surface area (Å²) in [7, 11) is 0. The van der Waals surface area contributed by atoms with Crippen LogP contribution in [0.5, 0.6) is 0 Å². The van der Waals surface area contributed by atoms with E-state index in [9.17, 15) is 9.59 Å². The van der Waals surface area contributed by atoms with Gasteiger partial charge in [0.1, 0.15) is 0 Å². The van der Waals surface area contributed by atoms with Crippen molar-refractivity contribution in [3.8, 4) is 0 Å². The van der Waals surface area contributed by atoms with Crippen molar-refractivity contribution in [3.63, 3.8) is 0 Å². The normalized spacial score (nSPS) is 12.9. The number of nitrogens with zero attached hydrogens (tertiary/aromatic N) is 3. The topological polar surface area (TPSA) is 88.9 Å². The third-order valence-electron chi connectivity index (χ3n) is 5.62. The average molecular weight is 480 g/mol. The molecule has 1 heterocycles. The van der Waals surface area contributed by atoms with Crippen LogP contribution in [0.4, 0.5) is 0 Å². The number of hydrogen-bond donors (Lipinski definition) is 2. The van der Waals surface area contributed by atoms with Crippen molar-refractivity contribution in [1.29, 1.82) is 0 Å². The minimum Gasteiger partial charge on any atom is -0.349 e. The summed E-state index contributed by atoms with van der Waals surface area (Å²) < 4.78 is 1.97. The number of benzene rings is 2. The Morgan fingerprint density at radius 2 is 1.65 bits per heavy atom. The van der Waals surface area contributed by atoms with Crippen molar-refractivity contribution in [2.75, 3.05) is 5.75 Å². The highest BCUT2D eigenvalue weighted by atomic mass is 32.2. The van der Waals surface area contributed by atoms with E-state index >= 15 is 0 Å². The summed E-state index contributed by atoms with van der Waals surface area (Å²) in [6, 6.07) is 17.0.